The second-order valence-corrected chi connectivity index (χ2v) is 3.49. The Hall–Kier alpha value is -0.560. The highest BCUT2D eigenvalue weighted by Crippen LogP contribution is 1.97. The van der Waals surface area contributed by atoms with Gasteiger partial charge in [-0.15, -0.1) is 0 Å². The Morgan fingerprint density at radius 2 is 1.93 bits per heavy atom. The summed E-state index contributed by atoms with van der Waals surface area (Å²) in [6.07, 6.45) is 7.18. The Bertz CT molecular complexity index is 248. The Labute approximate surface area is 93.6 Å². The Kier molecular flexibility index (Phi) is 7.50. The van der Waals surface area contributed by atoms with Crippen LogP contribution in [0.15, 0.2) is 24.4 Å². The van der Waals surface area contributed by atoms with Crippen LogP contribution >= 0.6 is 0 Å². The molecule has 1 rings (SSSR count). The fraction of sp³-hybridized carbons (Fsp3) is 0.583. The summed E-state index contributed by atoms with van der Waals surface area (Å²) in [5.41, 5.74) is 1.47. The minimum atomic E-state index is 0. The van der Waals surface area contributed by atoms with Crippen molar-refractivity contribution in [2.75, 3.05) is 0 Å². The lowest BCUT2D eigenvalue weighted by Gasteiger charge is -2.01. The predicted octanol–water partition coefficient (Wildman–Crippen LogP) is -0.269. The maximum atomic E-state index is 2.38. The van der Waals surface area contributed by atoms with Gasteiger partial charge < -0.3 is 12.4 Å². The molecule has 1 heterocycles. The maximum absolute atomic E-state index is 2.38. The number of hydrogen-bond donors (Lipinski definition) is 0. The molecule has 0 radical (unpaired) electrons. The van der Waals surface area contributed by atoms with Crippen LogP contribution in [0.1, 0.15) is 38.8 Å². The van der Waals surface area contributed by atoms with Gasteiger partial charge in [0.25, 0.3) is 0 Å². The average Bonchev–Trinajstić information content (AvgIpc) is 2.17. The lowest BCUT2D eigenvalue weighted by Crippen LogP contribution is -3.00. The molecule has 0 saturated heterocycles. The smallest absolute Gasteiger partial charge is 0.181 e. The number of hydrogen-bond acceptors (Lipinski definition) is 0. The molecule has 0 N–H and O–H groups in total. The van der Waals surface area contributed by atoms with Crippen molar-refractivity contribution >= 4 is 0 Å². The van der Waals surface area contributed by atoms with Crippen LogP contribution < -0.4 is 17.0 Å². The molecule has 0 amide bonds. The van der Waals surface area contributed by atoms with Crippen LogP contribution in [0, 0.1) is 0 Å². The van der Waals surface area contributed by atoms with Crippen LogP contribution in [0.5, 0.6) is 0 Å². The molecule has 0 aromatic carbocycles. The molecule has 0 fully saturated rings. The van der Waals surface area contributed by atoms with E-state index in [0.717, 1.165) is 0 Å². The van der Waals surface area contributed by atoms with Crippen molar-refractivity contribution in [3.05, 3.63) is 30.1 Å². The molecule has 0 atom stereocenters. The predicted molar refractivity (Wildman–Crippen MR) is 55.5 cm³/mol. The molecule has 1 aromatic rings. The van der Waals surface area contributed by atoms with Gasteiger partial charge in [-0.2, -0.15) is 0 Å². The van der Waals surface area contributed by atoms with Crippen molar-refractivity contribution in [2.24, 2.45) is 0 Å². The SMILES string of the molecule is CCCC[n+]1ccccc1CCC.[Cl-]. The molecule has 14 heavy (non-hydrogen) atoms. The molecule has 0 aliphatic carbocycles. The van der Waals surface area contributed by atoms with Crippen molar-refractivity contribution < 1.29 is 17.0 Å². The first-order valence-electron chi connectivity index (χ1n) is 5.35. The molecule has 0 aliphatic rings. The van der Waals surface area contributed by atoms with E-state index in [2.05, 4.69) is 42.8 Å². The molecule has 0 bridgehead atoms. The second kappa shape index (κ2) is 7.81. The lowest BCUT2D eigenvalue weighted by atomic mass is 10.2. The number of nitrogens with zero attached hydrogens (tertiary/aromatic N) is 1. The topological polar surface area (TPSA) is 3.88 Å². The minimum absolute atomic E-state index is 0. The zero-order valence-corrected chi connectivity index (χ0v) is 9.93. The van der Waals surface area contributed by atoms with E-state index in [1.165, 1.54) is 37.9 Å². The van der Waals surface area contributed by atoms with Gasteiger partial charge in [-0.05, 0) is 6.42 Å². The molecule has 0 spiro atoms. The van der Waals surface area contributed by atoms with Gasteiger partial charge in [0.15, 0.2) is 11.9 Å². The van der Waals surface area contributed by atoms with Crippen LogP contribution in [-0.4, -0.2) is 0 Å². The van der Waals surface area contributed by atoms with Crippen molar-refractivity contribution in [2.45, 2.75) is 46.1 Å². The summed E-state index contributed by atoms with van der Waals surface area (Å²) >= 11 is 0. The molecular formula is C12H20ClN. The Balaban J connectivity index is 0.00000169. The van der Waals surface area contributed by atoms with E-state index < -0.39 is 0 Å². The molecule has 1 aromatic heterocycles. The highest BCUT2D eigenvalue weighted by Gasteiger charge is 2.06. The van der Waals surface area contributed by atoms with E-state index in [-0.39, 0.29) is 12.4 Å². The largest absolute Gasteiger partial charge is 1.00 e. The summed E-state index contributed by atoms with van der Waals surface area (Å²) in [6, 6.07) is 6.49. The third kappa shape index (κ3) is 4.10. The highest BCUT2D eigenvalue weighted by molar-refractivity contribution is 4.96. The number of rotatable bonds is 5. The van der Waals surface area contributed by atoms with Gasteiger partial charge >= 0.3 is 0 Å². The summed E-state index contributed by atoms with van der Waals surface area (Å²) in [6.45, 7) is 5.65. The Morgan fingerprint density at radius 3 is 2.57 bits per heavy atom. The van der Waals surface area contributed by atoms with Gasteiger partial charge in [0.2, 0.25) is 0 Å². The molecule has 0 aliphatic heterocycles. The van der Waals surface area contributed by atoms with Gasteiger partial charge in [-0.1, -0.05) is 26.3 Å². The van der Waals surface area contributed by atoms with Crippen LogP contribution in [0.4, 0.5) is 0 Å². The minimum Gasteiger partial charge on any atom is -1.00 e. The number of aryl methyl sites for hydroxylation is 2. The summed E-state index contributed by atoms with van der Waals surface area (Å²) in [5, 5.41) is 0. The first-order chi connectivity index (χ1) is 6.38. The zero-order chi connectivity index (χ0) is 9.52. The summed E-state index contributed by atoms with van der Waals surface area (Å²) in [7, 11) is 0. The van der Waals surface area contributed by atoms with Gasteiger partial charge in [0, 0.05) is 25.0 Å². The first kappa shape index (κ1) is 13.4. The van der Waals surface area contributed by atoms with E-state index in [4.69, 9.17) is 0 Å². The molecule has 0 saturated carbocycles. The van der Waals surface area contributed by atoms with E-state index in [0.29, 0.717) is 0 Å². The summed E-state index contributed by atoms with van der Waals surface area (Å²) < 4.78 is 2.38. The monoisotopic (exact) mass is 213 g/mol. The fourth-order valence-corrected chi connectivity index (χ4v) is 1.54. The van der Waals surface area contributed by atoms with Gasteiger partial charge in [0.1, 0.15) is 6.54 Å². The maximum Gasteiger partial charge on any atom is 0.181 e. The van der Waals surface area contributed by atoms with Gasteiger partial charge in [-0.3, -0.25) is 0 Å². The molecule has 1 nitrogen and oxygen atoms in total. The van der Waals surface area contributed by atoms with E-state index in [9.17, 15) is 0 Å². The van der Waals surface area contributed by atoms with Crippen molar-refractivity contribution in [1.82, 2.24) is 0 Å². The van der Waals surface area contributed by atoms with Gasteiger partial charge in [0.05, 0.1) is 0 Å². The number of pyridine rings is 1. The quantitative estimate of drug-likeness (QED) is 0.594. The van der Waals surface area contributed by atoms with Crippen LogP contribution in [0.2, 0.25) is 0 Å². The van der Waals surface area contributed by atoms with Crippen LogP contribution in [0.25, 0.3) is 0 Å². The van der Waals surface area contributed by atoms with Crippen molar-refractivity contribution in [3.8, 4) is 0 Å². The molecule has 2 heteroatoms. The van der Waals surface area contributed by atoms with E-state index >= 15 is 0 Å². The van der Waals surface area contributed by atoms with E-state index in [1.807, 2.05) is 0 Å². The zero-order valence-electron chi connectivity index (χ0n) is 9.17. The normalized spacial score (nSPS) is 9.57. The lowest BCUT2D eigenvalue weighted by molar-refractivity contribution is -0.704. The summed E-state index contributed by atoms with van der Waals surface area (Å²) in [4.78, 5) is 0. The first-order valence-corrected chi connectivity index (χ1v) is 5.35. The number of aromatic nitrogens is 1. The average molecular weight is 214 g/mol. The highest BCUT2D eigenvalue weighted by atomic mass is 35.5. The summed E-state index contributed by atoms with van der Waals surface area (Å²) in [5.74, 6) is 0. The van der Waals surface area contributed by atoms with Crippen LogP contribution in [0.3, 0.4) is 0 Å². The number of halogens is 1. The van der Waals surface area contributed by atoms with Crippen molar-refractivity contribution in [1.29, 1.82) is 0 Å². The molecular weight excluding hydrogens is 194 g/mol. The third-order valence-corrected chi connectivity index (χ3v) is 2.29. The second-order valence-electron chi connectivity index (χ2n) is 3.49. The standard InChI is InChI=1S/C12H20N.ClH/c1-3-5-10-13-11-7-6-9-12(13)8-4-2;/h6-7,9,11H,3-5,8,10H2,1-2H3;1H/q+1;/p-1. The fourth-order valence-electron chi connectivity index (χ4n) is 1.54. The molecule has 0 unspecified atom stereocenters. The third-order valence-electron chi connectivity index (χ3n) is 2.29. The Morgan fingerprint density at radius 1 is 1.14 bits per heavy atom. The number of unbranched alkanes of at least 4 members (excludes halogenated alkanes) is 1. The van der Waals surface area contributed by atoms with Crippen molar-refractivity contribution in [3.63, 3.8) is 0 Å². The van der Waals surface area contributed by atoms with E-state index in [1.54, 1.807) is 0 Å². The van der Waals surface area contributed by atoms with Gasteiger partial charge in [-0.25, -0.2) is 4.57 Å². The van der Waals surface area contributed by atoms with Crippen LogP contribution in [-0.2, 0) is 13.0 Å². The molecule has 80 valence electrons.